The van der Waals surface area contributed by atoms with E-state index in [2.05, 4.69) is 11.9 Å². The number of benzene rings is 2. The molecule has 0 saturated carbocycles. The molecular weight excluding hydrogens is 495 g/mol. The number of hydrogen-bond acceptors (Lipinski definition) is 7. The molecule has 0 aliphatic carbocycles. The standard InChI is InChI=1S/C28H27FN2O5S/c1-4-5-6-14-36-21-9-7-8-19(15-21)23-22(24(33)18-10-12-20(29)13-11-18)25(34)27(35)31(23)28-30-16(2)26(37-28)17(3)32/h7-13,15,23,33H,4-6,14H2,1-3H3/b24-22+. The van der Waals surface area contributed by atoms with Gasteiger partial charge in [0.15, 0.2) is 10.9 Å². The van der Waals surface area contributed by atoms with Crippen LogP contribution >= 0.6 is 11.3 Å². The third-order valence-electron chi connectivity index (χ3n) is 6.06. The second kappa shape index (κ2) is 11.0. The van der Waals surface area contributed by atoms with Gasteiger partial charge >= 0.3 is 5.91 Å². The zero-order valence-electron chi connectivity index (χ0n) is 20.8. The Morgan fingerprint density at radius 3 is 2.54 bits per heavy atom. The molecule has 0 spiro atoms. The lowest BCUT2D eigenvalue weighted by Crippen LogP contribution is -2.29. The van der Waals surface area contributed by atoms with E-state index in [-0.39, 0.29) is 22.1 Å². The van der Waals surface area contributed by atoms with Crippen LogP contribution < -0.4 is 9.64 Å². The number of thiazole rings is 1. The number of amides is 1. The first kappa shape index (κ1) is 26.2. The number of aromatic nitrogens is 1. The number of hydrogen-bond donors (Lipinski definition) is 1. The minimum Gasteiger partial charge on any atom is -0.507 e. The lowest BCUT2D eigenvalue weighted by Gasteiger charge is -2.23. The zero-order chi connectivity index (χ0) is 26.7. The van der Waals surface area contributed by atoms with Gasteiger partial charge in [-0.15, -0.1) is 0 Å². The zero-order valence-corrected chi connectivity index (χ0v) is 21.6. The van der Waals surface area contributed by atoms with Gasteiger partial charge in [-0.05, 0) is 55.3 Å². The number of nitrogens with zero attached hydrogens (tertiary/aromatic N) is 2. The molecule has 1 atom stereocenters. The summed E-state index contributed by atoms with van der Waals surface area (Å²) in [4.78, 5) is 44.7. The number of aliphatic hydroxyl groups excluding tert-OH is 1. The summed E-state index contributed by atoms with van der Waals surface area (Å²) in [6, 6.07) is 10.9. The van der Waals surface area contributed by atoms with Gasteiger partial charge < -0.3 is 9.84 Å². The quantitative estimate of drug-likeness (QED) is 0.122. The second-order valence-corrected chi connectivity index (χ2v) is 9.75. The first-order valence-corrected chi connectivity index (χ1v) is 12.8. The monoisotopic (exact) mass is 522 g/mol. The number of aryl methyl sites for hydroxylation is 1. The maximum atomic E-state index is 13.5. The van der Waals surface area contributed by atoms with Gasteiger partial charge in [0.2, 0.25) is 0 Å². The predicted octanol–water partition coefficient (Wildman–Crippen LogP) is 5.99. The van der Waals surface area contributed by atoms with Crippen LogP contribution in [-0.2, 0) is 9.59 Å². The van der Waals surface area contributed by atoms with Crippen LogP contribution in [0.1, 0.15) is 65.6 Å². The van der Waals surface area contributed by atoms with Crippen molar-refractivity contribution in [3.63, 3.8) is 0 Å². The third kappa shape index (κ3) is 5.32. The molecule has 9 heteroatoms. The highest BCUT2D eigenvalue weighted by Crippen LogP contribution is 2.44. The fraction of sp³-hybridized carbons (Fsp3) is 0.286. The molecule has 37 heavy (non-hydrogen) atoms. The Morgan fingerprint density at radius 1 is 1.16 bits per heavy atom. The van der Waals surface area contributed by atoms with Crippen molar-refractivity contribution in [1.82, 2.24) is 4.98 Å². The fourth-order valence-electron chi connectivity index (χ4n) is 4.24. The molecular formula is C28H27FN2O5S. The Balaban J connectivity index is 1.85. The number of ketones is 2. The number of anilines is 1. The van der Waals surface area contributed by atoms with Gasteiger partial charge in [0.25, 0.3) is 5.78 Å². The minimum absolute atomic E-state index is 0.156. The Kier molecular flexibility index (Phi) is 7.83. The van der Waals surface area contributed by atoms with Crippen molar-refractivity contribution in [3.05, 3.63) is 81.6 Å². The number of unbranched alkanes of at least 4 members (excludes halogenated alkanes) is 2. The number of aliphatic hydroxyl groups is 1. The van der Waals surface area contributed by atoms with Crippen molar-refractivity contribution >= 4 is 39.7 Å². The van der Waals surface area contributed by atoms with E-state index >= 15 is 0 Å². The van der Waals surface area contributed by atoms with E-state index in [1.165, 1.54) is 24.0 Å². The van der Waals surface area contributed by atoms with E-state index in [0.29, 0.717) is 28.5 Å². The summed E-state index contributed by atoms with van der Waals surface area (Å²) in [5.41, 5.74) is 1.00. The number of rotatable bonds is 9. The molecule has 1 aromatic heterocycles. The highest BCUT2D eigenvalue weighted by molar-refractivity contribution is 7.18. The number of Topliss-reactive ketones (excluding diaryl/α,β-unsaturated/α-hetero) is 2. The van der Waals surface area contributed by atoms with Crippen LogP contribution in [0.25, 0.3) is 5.76 Å². The first-order chi connectivity index (χ1) is 17.7. The van der Waals surface area contributed by atoms with Gasteiger partial charge in [0.05, 0.1) is 28.8 Å². The molecule has 192 valence electrons. The highest BCUT2D eigenvalue weighted by atomic mass is 32.1. The normalized spacial score (nSPS) is 16.9. The Bertz CT molecular complexity index is 1380. The molecule has 7 nitrogen and oxygen atoms in total. The summed E-state index contributed by atoms with van der Waals surface area (Å²) in [6.07, 6.45) is 2.96. The van der Waals surface area contributed by atoms with Crippen LogP contribution in [0.5, 0.6) is 5.75 Å². The SMILES string of the molecule is CCCCCOc1cccc(C2/C(=C(\O)c3ccc(F)cc3)C(=O)C(=O)N2c2nc(C)c(C(C)=O)s2)c1. The molecule has 1 fully saturated rings. The molecule has 0 bridgehead atoms. The Labute approximate surface area is 218 Å². The van der Waals surface area contributed by atoms with Crippen LogP contribution in [0.15, 0.2) is 54.1 Å². The molecule has 1 amide bonds. The summed E-state index contributed by atoms with van der Waals surface area (Å²) in [6.45, 7) is 5.68. The smallest absolute Gasteiger partial charge is 0.301 e. The van der Waals surface area contributed by atoms with E-state index in [1.54, 1.807) is 31.2 Å². The molecule has 1 saturated heterocycles. The number of ether oxygens (including phenoxy) is 1. The van der Waals surface area contributed by atoms with E-state index in [9.17, 15) is 23.9 Å². The predicted molar refractivity (Wildman–Crippen MR) is 140 cm³/mol. The fourth-order valence-corrected chi connectivity index (χ4v) is 5.23. The molecule has 0 radical (unpaired) electrons. The van der Waals surface area contributed by atoms with Gasteiger partial charge in [0.1, 0.15) is 17.3 Å². The van der Waals surface area contributed by atoms with Crippen LogP contribution in [-0.4, -0.2) is 34.2 Å². The molecule has 1 unspecified atom stereocenters. The maximum absolute atomic E-state index is 13.5. The Morgan fingerprint density at radius 2 is 1.89 bits per heavy atom. The topological polar surface area (TPSA) is 96.8 Å². The van der Waals surface area contributed by atoms with Crippen molar-refractivity contribution in [2.24, 2.45) is 0 Å². The minimum atomic E-state index is -1.03. The first-order valence-electron chi connectivity index (χ1n) is 12.0. The van der Waals surface area contributed by atoms with Crippen molar-refractivity contribution in [2.75, 3.05) is 11.5 Å². The van der Waals surface area contributed by atoms with E-state index < -0.39 is 29.3 Å². The summed E-state index contributed by atoms with van der Waals surface area (Å²) in [7, 11) is 0. The molecule has 1 aliphatic rings. The molecule has 3 aromatic rings. The van der Waals surface area contributed by atoms with Gasteiger partial charge in [0, 0.05) is 12.5 Å². The molecule has 2 aromatic carbocycles. The van der Waals surface area contributed by atoms with Crippen molar-refractivity contribution in [3.8, 4) is 5.75 Å². The van der Waals surface area contributed by atoms with E-state index in [1.807, 2.05) is 0 Å². The third-order valence-corrected chi connectivity index (χ3v) is 7.32. The highest BCUT2D eigenvalue weighted by Gasteiger charge is 2.48. The molecule has 1 aliphatic heterocycles. The number of halogens is 1. The lowest BCUT2D eigenvalue weighted by atomic mass is 9.95. The van der Waals surface area contributed by atoms with E-state index in [0.717, 1.165) is 42.7 Å². The van der Waals surface area contributed by atoms with Crippen LogP contribution in [0, 0.1) is 12.7 Å². The Hall–Kier alpha value is -3.85. The summed E-state index contributed by atoms with van der Waals surface area (Å²) in [5, 5.41) is 11.3. The van der Waals surface area contributed by atoms with Crippen LogP contribution in [0.2, 0.25) is 0 Å². The lowest BCUT2D eigenvalue weighted by molar-refractivity contribution is -0.132. The van der Waals surface area contributed by atoms with Crippen LogP contribution in [0.4, 0.5) is 9.52 Å². The van der Waals surface area contributed by atoms with Crippen molar-refractivity contribution in [2.45, 2.75) is 46.1 Å². The van der Waals surface area contributed by atoms with Gasteiger partial charge in [-0.25, -0.2) is 9.37 Å². The second-order valence-electron chi connectivity index (χ2n) is 8.77. The number of carbonyl (C=O) groups is 3. The summed E-state index contributed by atoms with van der Waals surface area (Å²) < 4.78 is 19.4. The largest absolute Gasteiger partial charge is 0.507 e. The van der Waals surface area contributed by atoms with Crippen molar-refractivity contribution < 1.29 is 28.6 Å². The van der Waals surface area contributed by atoms with Gasteiger partial charge in [-0.1, -0.05) is 43.2 Å². The maximum Gasteiger partial charge on any atom is 0.301 e. The molecule has 4 rings (SSSR count). The molecule has 2 heterocycles. The summed E-state index contributed by atoms with van der Waals surface area (Å²) in [5.74, 6) is -2.37. The average Bonchev–Trinajstić information content (AvgIpc) is 3.39. The van der Waals surface area contributed by atoms with Crippen LogP contribution in [0.3, 0.4) is 0 Å². The van der Waals surface area contributed by atoms with Crippen molar-refractivity contribution in [1.29, 1.82) is 0 Å². The number of carbonyl (C=O) groups excluding carboxylic acids is 3. The molecule has 1 N–H and O–H groups in total. The average molecular weight is 523 g/mol. The summed E-state index contributed by atoms with van der Waals surface area (Å²) >= 11 is 1.01. The van der Waals surface area contributed by atoms with Gasteiger partial charge in [-0.3, -0.25) is 19.3 Å². The van der Waals surface area contributed by atoms with E-state index in [4.69, 9.17) is 4.74 Å². The van der Waals surface area contributed by atoms with Gasteiger partial charge in [-0.2, -0.15) is 0 Å².